The van der Waals surface area contributed by atoms with Gasteiger partial charge in [-0.25, -0.2) is 15.0 Å². The molecule has 240 valence electrons. The number of rotatable bonds is 4. The van der Waals surface area contributed by atoms with Gasteiger partial charge in [0.1, 0.15) is 0 Å². The van der Waals surface area contributed by atoms with E-state index < -0.39 is 0 Å². The van der Waals surface area contributed by atoms with Gasteiger partial charge in [-0.3, -0.25) is 4.98 Å². The minimum absolute atomic E-state index is 0.118. The Morgan fingerprint density at radius 2 is 0.980 bits per heavy atom. The van der Waals surface area contributed by atoms with Crippen molar-refractivity contribution in [2.45, 2.75) is 19.3 Å². The van der Waals surface area contributed by atoms with E-state index in [-0.39, 0.29) is 5.41 Å². The molecule has 51 heavy (non-hydrogen) atoms. The number of hydrogen-bond acceptors (Lipinski definition) is 4. The van der Waals surface area contributed by atoms with Crippen molar-refractivity contribution < 1.29 is 0 Å². The second-order valence-corrected chi connectivity index (χ2v) is 13.9. The van der Waals surface area contributed by atoms with Crippen molar-refractivity contribution in [1.82, 2.24) is 19.9 Å². The van der Waals surface area contributed by atoms with Crippen molar-refractivity contribution in [3.8, 4) is 56.4 Å². The van der Waals surface area contributed by atoms with Crippen LogP contribution in [0.3, 0.4) is 0 Å². The largest absolute Gasteiger partial charge is 0.264 e. The van der Waals surface area contributed by atoms with Gasteiger partial charge in [0, 0.05) is 34.5 Å². The van der Waals surface area contributed by atoms with E-state index in [2.05, 4.69) is 128 Å². The van der Waals surface area contributed by atoms with E-state index in [1.54, 1.807) is 6.20 Å². The van der Waals surface area contributed by atoms with E-state index in [0.29, 0.717) is 17.5 Å². The summed E-state index contributed by atoms with van der Waals surface area (Å²) < 4.78 is 0. The van der Waals surface area contributed by atoms with Gasteiger partial charge in [-0.15, -0.1) is 0 Å². The maximum Gasteiger partial charge on any atom is 0.164 e. The predicted octanol–water partition coefficient (Wildman–Crippen LogP) is 11.7. The molecule has 9 aromatic rings. The highest BCUT2D eigenvalue weighted by Gasteiger charge is 2.37. The Morgan fingerprint density at radius 1 is 0.412 bits per heavy atom. The highest BCUT2D eigenvalue weighted by molar-refractivity contribution is 6.27. The van der Waals surface area contributed by atoms with E-state index in [9.17, 15) is 0 Å². The smallest absolute Gasteiger partial charge is 0.164 e. The second kappa shape index (κ2) is 11.3. The molecular formula is C47H32N4. The Hall–Kier alpha value is -6.52. The number of hydrogen-bond donors (Lipinski definition) is 0. The first-order valence-electron chi connectivity index (χ1n) is 17.4. The summed E-state index contributed by atoms with van der Waals surface area (Å²) in [5, 5.41) is 7.52. The molecule has 0 amide bonds. The summed E-state index contributed by atoms with van der Waals surface area (Å²) >= 11 is 0. The summed E-state index contributed by atoms with van der Waals surface area (Å²) in [4.78, 5) is 19.4. The number of fused-ring (bicyclic) bond motifs is 10. The molecular weight excluding hydrogens is 621 g/mol. The molecule has 0 aliphatic heterocycles. The van der Waals surface area contributed by atoms with Crippen molar-refractivity contribution in [2.75, 3.05) is 0 Å². The number of benzene rings is 7. The van der Waals surface area contributed by atoms with Crippen molar-refractivity contribution in [1.29, 1.82) is 0 Å². The Kier molecular flexibility index (Phi) is 6.49. The molecule has 0 spiro atoms. The normalized spacial score (nSPS) is 13.1. The van der Waals surface area contributed by atoms with Crippen molar-refractivity contribution in [2.24, 2.45) is 0 Å². The highest BCUT2D eigenvalue weighted by Crippen LogP contribution is 2.53. The fourth-order valence-electron chi connectivity index (χ4n) is 8.15. The monoisotopic (exact) mass is 652 g/mol. The molecule has 1 aliphatic carbocycles. The van der Waals surface area contributed by atoms with Crippen LogP contribution in [0.1, 0.15) is 25.0 Å². The average Bonchev–Trinajstić information content (AvgIpc) is 3.44. The molecule has 7 aromatic carbocycles. The van der Waals surface area contributed by atoms with Crippen LogP contribution in [0.15, 0.2) is 158 Å². The van der Waals surface area contributed by atoms with Gasteiger partial charge in [0.2, 0.25) is 0 Å². The van der Waals surface area contributed by atoms with Crippen LogP contribution in [-0.4, -0.2) is 19.9 Å². The Balaban J connectivity index is 1.18. The fourth-order valence-corrected chi connectivity index (χ4v) is 8.15. The summed E-state index contributed by atoms with van der Waals surface area (Å²) in [6.07, 6.45) is 3.67. The predicted molar refractivity (Wildman–Crippen MR) is 209 cm³/mol. The minimum atomic E-state index is -0.118. The zero-order valence-electron chi connectivity index (χ0n) is 28.3. The molecule has 4 nitrogen and oxygen atoms in total. The third-order valence-corrected chi connectivity index (χ3v) is 10.6. The van der Waals surface area contributed by atoms with E-state index in [1.165, 1.54) is 54.6 Å². The summed E-state index contributed by atoms with van der Waals surface area (Å²) in [6, 6.07) is 51.6. The lowest BCUT2D eigenvalue weighted by molar-refractivity contribution is 0.666. The van der Waals surface area contributed by atoms with E-state index in [0.717, 1.165) is 27.8 Å². The number of aromatic nitrogens is 4. The van der Waals surface area contributed by atoms with Crippen LogP contribution in [-0.2, 0) is 5.41 Å². The van der Waals surface area contributed by atoms with Gasteiger partial charge in [-0.2, -0.15) is 0 Å². The molecule has 0 radical (unpaired) electrons. The molecule has 0 bridgehead atoms. The molecule has 2 aromatic heterocycles. The standard InChI is InChI=1S/C47H32N4/c1-47(2)41-17-9-8-15-36(41)39-25-24-38-35-23-22-32(27-40(35)34-14-6-7-16-37(34)42(38)43(39)47)46-50-44(30-11-4-3-5-12-30)49-45(51-46)31-20-18-29(19-21-31)33-13-10-26-48-28-33/h3-28H,1-2H3. The van der Waals surface area contributed by atoms with Crippen LogP contribution in [0.2, 0.25) is 0 Å². The van der Waals surface area contributed by atoms with Gasteiger partial charge >= 0.3 is 0 Å². The van der Waals surface area contributed by atoms with Crippen molar-refractivity contribution in [3.63, 3.8) is 0 Å². The van der Waals surface area contributed by atoms with E-state index in [4.69, 9.17) is 15.0 Å². The van der Waals surface area contributed by atoms with Crippen LogP contribution < -0.4 is 0 Å². The summed E-state index contributed by atoms with van der Waals surface area (Å²) in [5.74, 6) is 1.93. The molecule has 1 aliphatic rings. The second-order valence-electron chi connectivity index (χ2n) is 13.9. The molecule has 4 heteroatoms. The van der Waals surface area contributed by atoms with Gasteiger partial charge < -0.3 is 0 Å². The molecule has 0 fully saturated rings. The van der Waals surface area contributed by atoms with Gasteiger partial charge in [-0.1, -0.05) is 147 Å². The molecule has 0 saturated carbocycles. The number of pyridine rings is 1. The third kappa shape index (κ3) is 4.60. The molecule has 0 saturated heterocycles. The van der Waals surface area contributed by atoms with Crippen molar-refractivity contribution >= 4 is 32.3 Å². The van der Waals surface area contributed by atoms with Gasteiger partial charge in [0.25, 0.3) is 0 Å². The van der Waals surface area contributed by atoms with E-state index in [1.807, 2.05) is 42.6 Å². The molecule has 0 N–H and O–H groups in total. The lowest BCUT2D eigenvalue weighted by Crippen LogP contribution is -2.15. The summed E-state index contributed by atoms with van der Waals surface area (Å²) in [5.41, 5.74) is 10.3. The zero-order valence-corrected chi connectivity index (χ0v) is 28.3. The first-order chi connectivity index (χ1) is 25.0. The fraction of sp³-hybridized carbons (Fsp3) is 0.0638. The summed E-state index contributed by atoms with van der Waals surface area (Å²) in [7, 11) is 0. The minimum Gasteiger partial charge on any atom is -0.264 e. The lowest BCUT2D eigenvalue weighted by atomic mass is 9.78. The van der Waals surface area contributed by atoms with Crippen molar-refractivity contribution in [3.05, 3.63) is 169 Å². The maximum absolute atomic E-state index is 5.11. The van der Waals surface area contributed by atoms with Crippen LogP contribution in [0.25, 0.3) is 88.7 Å². The first-order valence-corrected chi connectivity index (χ1v) is 17.4. The topological polar surface area (TPSA) is 51.6 Å². The van der Waals surface area contributed by atoms with Crippen LogP contribution in [0.5, 0.6) is 0 Å². The van der Waals surface area contributed by atoms with Gasteiger partial charge in [0.15, 0.2) is 17.5 Å². The maximum atomic E-state index is 5.11. The quantitative estimate of drug-likeness (QED) is 0.178. The van der Waals surface area contributed by atoms with Crippen LogP contribution in [0.4, 0.5) is 0 Å². The lowest BCUT2D eigenvalue weighted by Gasteiger charge is -2.24. The highest BCUT2D eigenvalue weighted by atomic mass is 15.0. The molecule has 0 unspecified atom stereocenters. The van der Waals surface area contributed by atoms with Crippen LogP contribution in [0, 0.1) is 0 Å². The Morgan fingerprint density at radius 3 is 1.75 bits per heavy atom. The summed E-state index contributed by atoms with van der Waals surface area (Å²) in [6.45, 7) is 4.74. The third-order valence-electron chi connectivity index (χ3n) is 10.6. The zero-order chi connectivity index (χ0) is 34.1. The van der Waals surface area contributed by atoms with Gasteiger partial charge in [0.05, 0.1) is 0 Å². The Bertz CT molecular complexity index is 2790. The Labute approximate surface area is 296 Å². The molecule has 10 rings (SSSR count). The SMILES string of the molecule is CC1(C)c2ccccc2-c2ccc3c4ccc(-c5nc(-c6ccccc6)nc(-c6ccc(-c7cccnc7)cc6)n5)cc4c4ccccc4c3c21. The first kappa shape index (κ1) is 29.4. The van der Waals surface area contributed by atoms with Gasteiger partial charge in [-0.05, 0) is 77.8 Å². The molecule has 0 atom stereocenters. The van der Waals surface area contributed by atoms with Crippen LogP contribution >= 0.6 is 0 Å². The van der Waals surface area contributed by atoms with E-state index >= 15 is 0 Å². The average molecular weight is 653 g/mol. The molecule has 2 heterocycles. The number of nitrogens with zero attached hydrogens (tertiary/aromatic N) is 4.